The summed E-state index contributed by atoms with van der Waals surface area (Å²) in [6.07, 6.45) is 0.891. The Labute approximate surface area is 121 Å². The quantitative estimate of drug-likeness (QED) is 0.808. The first-order chi connectivity index (χ1) is 10.1. The van der Waals surface area contributed by atoms with E-state index >= 15 is 0 Å². The first-order valence-corrected chi connectivity index (χ1v) is 6.65. The SMILES string of the molecule is O=C(Nc1ccccc1C(=O)O)c1ccc2c(c1)CCN2. The van der Waals surface area contributed by atoms with Gasteiger partial charge >= 0.3 is 5.97 Å². The maximum atomic E-state index is 12.3. The van der Waals surface area contributed by atoms with Gasteiger partial charge in [0.15, 0.2) is 0 Å². The molecule has 0 saturated carbocycles. The van der Waals surface area contributed by atoms with E-state index in [0.29, 0.717) is 11.3 Å². The van der Waals surface area contributed by atoms with E-state index in [1.807, 2.05) is 12.1 Å². The Morgan fingerprint density at radius 1 is 1.14 bits per heavy atom. The lowest BCUT2D eigenvalue weighted by Gasteiger charge is -2.09. The van der Waals surface area contributed by atoms with E-state index in [9.17, 15) is 9.59 Å². The molecule has 0 bridgehead atoms. The summed E-state index contributed by atoms with van der Waals surface area (Å²) in [6.45, 7) is 0.877. The number of hydrogen-bond donors (Lipinski definition) is 3. The van der Waals surface area contributed by atoms with Crippen molar-refractivity contribution < 1.29 is 14.7 Å². The highest BCUT2D eigenvalue weighted by Gasteiger charge is 2.16. The second-order valence-corrected chi connectivity index (χ2v) is 4.85. The zero-order valence-corrected chi connectivity index (χ0v) is 11.2. The second-order valence-electron chi connectivity index (χ2n) is 4.85. The summed E-state index contributed by atoms with van der Waals surface area (Å²) >= 11 is 0. The van der Waals surface area contributed by atoms with Gasteiger partial charge in [-0.05, 0) is 42.3 Å². The molecule has 1 heterocycles. The molecule has 0 saturated heterocycles. The fourth-order valence-corrected chi connectivity index (χ4v) is 2.42. The first-order valence-electron chi connectivity index (χ1n) is 6.65. The van der Waals surface area contributed by atoms with E-state index in [4.69, 9.17) is 5.11 Å². The molecule has 1 aliphatic heterocycles. The highest BCUT2D eigenvalue weighted by atomic mass is 16.4. The molecule has 0 aliphatic carbocycles. The molecule has 0 aromatic heterocycles. The lowest BCUT2D eigenvalue weighted by Crippen LogP contribution is -2.14. The monoisotopic (exact) mass is 282 g/mol. The molecule has 0 fully saturated rings. The zero-order valence-electron chi connectivity index (χ0n) is 11.2. The molecule has 0 unspecified atom stereocenters. The Hall–Kier alpha value is -2.82. The van der Waals surface area contributed by atoms with Crippen LogP contribution in [0, 0.1) is 0 Å². The Kier molecular flexibility index (Phi) is 3.31. The number of hydrogen-bond acceptors (Lipinski definition) is 3. The topological polar surface area (TPSA) is 78.4 Å². The Bertz CT molecular complexity index is 725. The van der Waals surface area contributed by atoms with Crippen molar-refractivity contribution in [2.45, 2.75) is 6.42 Å². The van der Waals surface area contributed by atoms with Gasteiger partial charge in [0, 0.05) is 17.8 Å². The summed E-state index contributed by atoms with van der Waals surface area (Å²) in [6, 6.07) is 11.8. The molecule has 3 N–H and O–H groups in total. The molecule has 21 heavy (non-hydrogen) atoms. The van der Waals surface area contributed by atoms with Crippen LogP contribution in [0.1, 0.15) is 26.3 Å². The summed E-state index contributed by atoms with van der Waals surface area (Å²) in [7, 11) is 0. The predicted octanol–water partition coefficient (Wildman–Crippen LogP) is 2.61. The molecule has 1 aliphatic rings. The van der Waals surface area contributed by atoms with Gasteiger partial charge in [-0.2, -0.15) is 0 Å². The average Bonchev–Trinajstić information content (AvgIpc) is 2.94. The van der Waals surface area contributed by atoms with Gasteiger partial charge in [-0.15, -0.1) is 0 Å². The van der Waals surface area contributed by atoms with E-state index in [-0.39, 0.29) is 11.5 Å². The normalized spacial score (nSPS) is 12.4. The van der Waals surface area contributed by atoms with Crippen molar-refractivity contribution in [1.29, 1.82) is 0 Å². The number of nitrogens with one attached hydrogen (secondary N) is 2. The third kappa shape index (κ3) is 2.58. The molecule has 0 radical (unpaired) electrons. The van der Waals surface area contributed by atoms with Gasteiger partial charge in [-0.25, -0.2) is 4.79 Å². The Morgan fingerprint density at radius 3 is 2.76 bits per heavy atom. The van der Waals surface area contributed by atoms with Crippen molar-refractivity contribution in [1.82, 2.24) is 0 Å². The smallest absolute Gasteiger partial charge is 0.337 e. The number of anilines is 2. The standard InChI is InChI=1S/C16H14N2O3/c19-15(11-5-6-13-10(9-11)7-8-17-13)18-14-4-2-1-3-12(14)16(20)21/h1-6,9,17H,7-8H2,(H,18,19)(H,20,21). The van der Waals surface area contributed by atoms with Crippen LogP contribution in [0.5, 0.6) is 0 Å². The molecule has 5 nitrogen and oxygen atoms in total. The maximum absolute atomic E-state index is 12.3. The number of carboxylic acids is 1. The number of para-hydroxylation sites is 1. The van der Waals surface area contributed by atoms with Crippen molar-refractivity contribution in [2.24, 2.45) is 0 Å². The molecule has 1 amide bonds. The maximum Gasteiger partial charge on any atom is 0.337 e. The number of rotatable bonds is 3. The van der Waals surface area contributed by atoms with Gasteiger partial charge in [0.2, 0.25) is 0 Å². The number of fused-ring (bicyclic) bond motifs is 1. The van der Waals surface area contributed by atoms with Crippen LogP contribution in [0.15, 0.2) is 42.5 Å². The van der Waals surface area contributed by atoms with E-state index in [0.717, 1.165) is 24.2 Å². The lowest BCUT2D eigenvalue weighted by atomic mass is 10.1. The predicted molar refractivity (Wildman–Crippen MR) is 80.0 cm³/mol. The van der Waals surface area contributed by atoms with E-state index in [1.54, 1.807) is 24.3 Å². The molecule has 0 spiro atoms. The average molecular weight is 282 g/mol. The van der Waals surface area contributed by atoms with Crippen LogP contribution < -0.4 is 10.6 Å². The van der Waals surface area contributed by atoms with E-state index in [2.05, 4.69) is 10.6 Å². The summed E-state index contributed by atoms with van der Waals surface area (Å²) in [4.78, 5) is 23.4. The van der Waals surface area contributed by atoms with Crippen molar-refractivity contribution in [3.63, 3.8) is 0 Å². The summed E-state index contributed by atoms with van der Waals surface area (Å²) in [5.74, 6) is -1.37. The van der Waals surface area contributed by atoms with Crippen LogP contribution in [0.3, 0.4) is 0 Å². The minimum absolute atomic E-state index is 0.0775. The molecule has 5 heteroatoms. The minimum Gasteiger partial charge on any atom is -0.478 e. The molecule has 0 atom stereocenters. The fraction of sp³-hybridized carbons (Fsp3) is 0.125. The number of carbonyl (C=O) groups is 2. The number of carboxylic acid groups (broad SMARTS) is 1. The number of amides is 1. The van der Waals surface area contributed by atoms with Gasteiger partial charge in [0.05, 0.1) is 11.3 Å². The van der Waals surface area contributed by atoms with Crippen LogP contribution in [0.4, 0.5) is 11.4 Å². The first kappa shape index (κ1) is 13.2. The minimum atomic E-state index is -1.07. The van der Waals surface area contributed by atoms with Crippen LogP contribution in [0.25, 0.3) is 0 Å². The van der Waals surface area contributed by atoms with Gasteiger partial charge in [-0.3, -0.25) is 4.79 Å². The third-order valence-corrected chi connectivity index (χ3v) is 3.48. The highest BCUT2D eigenvalue weighted by molar-refractivity contribution is 6.08. The van der Waals surface area contributed by atoms with Gasteiger partial charge in [0.1, 0.15) is 0 Å². The van der Waals surface area contributed by atoms with Gasteiger partial charge in [-0.1, -0.05) is 12.1 Å². The highest BCUT2D eigenvalue weighted by Crippen LogP contribution is 2.24. The van der Waals surface area contributed by atoms with Crippen LogP contribution in [0.2, 0.25) is 0 Å². The van der Waals surface area contributed by atoms with Crippen molar-refractivity contribution >= 4 is 23.3 Å². The number of aromatic carboxylic acids is 1. The fourth-order valence-electron chi connectivity index (χ4n) is 2.42. The molecule has 2 aromatic rings. The number of benzene rings is 2. The Morgan fingerprint density at radius 2 is 1.95 bits per heavy atom. The third-order valence-electron chi connectivity index (χ3n) is 3.48. The van der Waals surface area contributed by atoms with Gasteiger partial charge in [0.25, 0.3) is 5.91 Å². The van der Waals surface area contributed by atoms with E-state index < -0.39 is 5.97 Å². The van der Waals surface area contributed by atoms with Gasteiger partial charge < -0.3 is 15.7 Å². The van der Waals surface area contributed by atoms with Crippen LogP contribution in [-0.4, -0.2) is 23.5 Å². The van der Waals surface area contributed by atoms with Crippen molar-refractivity contribution in [3.8, 4) is 0 Å². The van der Waals surface area contributed by atoms with Crippen molar-refractivity contribution in [2.75, 3.05) is 17.2 Å². The summed E-state index contributed by atoms with van der Waals surface area (Å²) < 4.78 is 0. The summed E-state index contributed by atoms with van der Waals surface area (Å²) in [5, 5.41) is 15.0. The summed E-state index contributed by atoms with van der Waals surface area (Å²) in [5.41, 5.74) is 3.06. The molecule has 2 aromatic carbocycles. The van der Waals surface area contributed by atoms with Crippen LogP contribution in [-0.2, 0) is 6.42 Å². The van der Waals surface area contributed by atoms with Crippen LogP contribution >= 0.6 is 0 Å². The number of carbonyl (C=O) groups excluding carboxylic acids is 1. The zero-order chi connectivity index (χ0) is 14.8. The molecular formula is C16H14N2O3. The second kappa shape index (κ2) is 5.28. The largest absolute Gasteiger partial charge is 0.478 e. The van der Waals surface area contributed by atoms with E-state index in [1.165, 1.54) is 6.07 Å². The molecular weight excluding hydrogens is 268 g/mol. The molecule has 3 rings (SSSR count). The molecule has 106 valence electrons. The Balaban J connectivity index is 1.85. The van der Waals surface area contributed by atoms with Crippen molar-refractivity contribution in [3.05, 3.63) is 59.2 Å². The lowest BCUT2D eigenvalue weighted by molar-refractivity contribution is 0.0698.